The normalized spacial score (nSPS) is 10.7. The van der Waals surface area contributed by atoms with Gasteiger partial charge in [0.2, 0.25) is 0 Å². The van der Waals surface area contributed by atoms with Gasteiger partial charge in [0, 0.05) is 12.2 Å². The second kappa shape index (κ2) is 9.44. The number of nitrogens with one attached hydrogen (secondary N) is 3. The van der Waals surface area contributed by atoms with Crippen molar-refractivity contribution in [2.24, 2.45) is 0 Å². The zero-order chi connectivity index (χ0) is 22.5. The molecule has 0 saturated carbocycles. The monoisotopic (exact) mass is 447 g/mol. The summed E-state index contributed by atoms with van der Waals surface area (Å²) in [6, 6.07) is 19.1. The van der Waals surface area contributed by atoms with Gasteiger partial charge in [-0.15, -0.1) is 11.3 Å². The Morgan fingerprint density at radius 1 is 1.00 bits per heavy atom. The van der Waals surface area contributed by atoms with E-state index in [1.54, 1.807) is 47.4 Å². The lowest BCUT2D eigenvalue weighted by atomic mass is 10.2. The third-order valence-corrected chi connectivity index (χ3v) is 5.75. The Kier molecular flexibility index (Phi) is 6.27. The Labute approximate surface area is 187 Å². The summed E-state index contributed by atoms with van der Waals surface area (Å²) in [6.45, 7) is 2.46. The minimum Gasteiger partial charge on any atom is -0.331 e. The van der Waals surface area contributed by atoms with Crippen LogP contribution in [0.2, 0.25) is 0 Å². The summed E-state index contributed by atoms with van der Waals surface area (Å²) < 4.78 is 0. The molecule has 0 aliphatic rings. The molecule has 0 aliphatic carbocycles. The lowest BCUT2D eigenvalue weighted by molar-refractivity contribution is 0.0753. The first-order valence-electron chi connectivity index (χ1n) is 10.0. The van der Waals surface area contributed by atoms with Crippen molar-refractivity contribution in [2.75, 3.05) is 17.2 Å². The Morgan fingerprint density at radius 3 is 2.53 bits per heavy atom. The van der Waals surface area contributed by atoms with Crippen LogP contribution in [0, 0.1) is 0 Å². The molecule has 2 heterocycles. The van der Waals surface area contributed by atoms with Crippen molar-refractivity contribution < 1.29 is 9.59 Å². The van der Waals surface area contributed by atoms with Crippen molar-refractivity contribution in [3.63, 3.8) is 0 Å². The van der Waals surface area contributed by atoms with E-state index in [0.717, 1.165) is 0 Å². The minimum atomic E-state index is -0.387. The maximum atomic E-state index is 13.0. The first-order chi connectivity index (χ1) is 15.5. The summed E-state index contributed by atoms with van der Waals surface area (Å²) in [5.74, 6) is 0.214. The Morgan fingerprint density at radius 2 is 1.75 bits per heavy atom. The highest BCUT2D eigenvalue weighted by Crippen LogP contribution is 2.24. The summed E-state index contributed by atoms with van der Waals surface area (Å²) in [5, 5.41) is 6.53. The van der Waals surface area contributed by atoms with Crippen molar-refractivity contribution >= 4 is 44.9 Å². The van der Waals surface area contributed by atoms with Gasteiger partial charge in [0.05, 0.1) is 27.3 Å². The number of hydrogen-bond acceptors (Lipinski definition) is 5. The number of carbonyl (C=O) groups is 2. The number of benzene rings is 2. The molecular weight excluding hydrogens is 426 g/mol. The summed E-state index contributed by atoms with van der Waals surface area (Å²) in [5.41, 5.74) is 1.02. The zero-order valence-electron chi connectivity index (χ0n) is 17.3. The number of thiophene rings is 1. The fourth-order valence-corrected chi connectivity index (χ4v) is 4.06. The molecule has 2 aromatic carbocycles. The van der Waals surface area contributed by atoms with Crippen molar-refractivity contribution in [3.05, 3.63) is 87.8 Å². The van der Waals surface area contributed by atoms with Crippen LogP contribution in [0.5, 0.6) is 0 Å². The molecule has 3 N–H and O–H groups in total. The van der Waals surface area contributed by atoms with Gasteiger partial charge < -0.3 is 15.2 Å². The standard InChI is InChI=1S/C23H21N5O3S/c1-2-28(14-19-25-17-11-7-6-10-16(17)21(29)26-19)22(30)18-12-13-20(32-18)27-23(31)24-15-8-4-3-5-9-15/h3-13H,2,14H2,1H3,(H2,24,27,31)(H,25,26,29). The number of hydrogen-bond donors (Lipinski definition) is 3. The maximum absolute atomic E-state index is 13.0. The van der Waals surface area contributed by atoms with Crippen LogP contribution < -0.4 is 16.2 Å². The van der Waals surface area contributed by atoms with Crippen LogP contribution >= 0.6 is 11.3 Å². The van der Waals surface area contributed by atoms with Crippen molar-refractivity contribution in [2.45, 2.75) is 13.5 Å². The lowest BCUT2D eigenvalue weighted by Gasteiger charge is -2.19. The molecule has 4 rings (SSSR count). The van der Waals surface area contributed by atoms with Gasteiger partial charge in [-0.2, -0.15) is 0 Å². The molecule has 0 radical (unpaired) electrons. The molecule has 0 atom stereocenters. The van der Waals surface area contributed by atoms with E-state index in [9.17, 15) is 14.4 Å². The number of fused-ring (bicyclic) bond motifs is 1. The number of nitrogens with zero attached hydrogens (tertiary/aromatic N) is 2. The van der Waals surface area contributed by atoms with Gasteiger partial charge in [-0.05, 0) is 43.3 Å². The molecule has 4 aromatic rings. The number of aromatic amines is 1. The van der Waals surface area contributed by atoms with Crippen LogP contribution in [0.4, 0.5) is 15.5 Å². The minimum absolute atomic E-state index is 0.171. The molecule has 32 heavy (non-hydrogen) atoms. The molecule has 0 unspecified atom stereocenters. The second-order valence-corrected chi connectivity index (χ2v) is 8.04. The molecule has 0 fully saturated rings. The van der Waals surface area contributed by atoms with Crippen molar-refractivity contribution in [1.29, 1.82) is 0 Å². The highest BCUT2D eigenvalue weighted by molar-refractivity contribution is 7.18. The largest absolute Gasteiger partial charge is 0.331 e. The number of amides is 3. The van der Waals surface area contributed by atoms with Gasteiger partial charge >= 0.3 is 6.03 Å². The second-order valence-electron chi connectivity index (χ2n) is 6.96. The molecule has 0 bridgehead atoms. The Balaban J connectivity index is 1.44. The molecule has 0 aliphatic heterocycles. The van der Waals surface area contributed by atoms with E-state index in [1.165, 1.54) is 11.3 Å². The van der Waals surface area contributed by atoms with Gasteiger partial charge in [0.15, 0.2) is 0 Å². The highest BCUT2D eigenvalue weighted by Gasteiger charge is 2.19. The van der Waals surface area contributed by atoms with E-state index in [-0.39, 0.29) is 24.0 Å². The predicted octanol–water partition coefficient (Wildman–Crippen LogP) is 4.29. The zero-order valence-corrected chi connectivity index (χ0v) is 18.1. The van der Waals surface area contributed by atoms with E-state index in [2.05, 4.69) is 20.6 Å². The van der Waals surface area contributed by atoms with Gasteiger partial charge in [0.25, 0.3) is 11.5 Å². The first kappa shape index (κ1) is 21.3. The van der Waals surface area contributed by atoms with E-state index in [4.69, 9.17) is 0 Å². The quantitative estimate of drug-likeness (QED) is 0.410. The van der Waals surface area contributed by atoms with E-state index >= 15 is 0 Å². The van der Waals surface area contributed by atoms with Crippen LogP contribution in [-0.2, 0) is 6.54 Å². The number of urea groups is 1. The van der Waals surface area contributed by atoms with Crippen LogP contribution in [0.1, 0.15) is 22.4 Å². The van der Waals surface area contributed by atoms with E-state index < -0.39 is 0 Å². The summed E-state index contributed by atoms with van der Waals surface area (Å²) >= 11 is 1.18. The summed E-state index contributed by atoms with van der Waals surface area (Å²) in [6.07, 6.45) is 0. The van der Waals surface area contributed by atoms with Gasteiger partial charge in [0.1, 0.15) is 5.82 Å². The van der Waals surface area contributed by atoms with Crippen LogP contribution in [0.15, 0.2) is 71.5 Å². The smallest absolute Gasteiger partial charge is 0.324 e. The van der Waals surface area contributed by atoms with Crippen LogP contribution in [0.3, 0.4) is 0 Å². The number of anilines is 2. The summed E-state index contributed by atoms with van der Waals surface area (Å²) in [4.78, 5) is 46.8. The molecular formula is C23H21N5O3S. The fourth-order valence-electron chi connectivity index (χ4n) is 3.19. The van der Waals surface area contributed by atoms with Crippen molar-refractivity contribution in [3.8, 4) is 0 Å². The third kappa shape index (κ3) is 4.84. The molecule has 162 valence electrons. The Bertz CT molecular complexity index is 1320. The topological polar surface area (TPSA) is 107 Å². The molecule has 3 amide bonds. The van der Waals surface area contributed by atoms with Gasteiger partial charge in [-0.25, -0.2) is 9.78 Å². The van der Waals surface area contributed by atoms with Crippen LogP contribution in [0.25, 0.3) is 10.9 Å². The third-order valence-electron chi connectivity index (χ3n) is 4.76. The van der Waals surface area contributed by atoms with Gasteiger partial charge in [-0.3, -0.25) is 14.9 Å². The fraction of sp³-hybridized carbons (Fsp3) is 0.130. The molecule has 8 nitrogen and oxygen atoms in total. The predicted molar refractivity (Wildman–Crippen MR) is 126 cm³/mol. The number of H-pyrrole nitrogens is 1. The number of carbonyl (C=O) groups excluding carboxylic acids is 2. The van der Waals surface area contributed by atoms with Crippen LogP contribution in [-0.4, -0.2) is 33.4 Å². The molecule has 0 spiro atoms. The van der Waals surface area contributed by atoms with E-state index in [1.807, 2.05) is 31.2 Å². The lowest BCUT2D eigenvalue weighted by Crippen LogP contribution is -2.31. The first-order valence-corrected chi connectivity index (χ1v) is 10.8. The number of aromatic nitrogens is 2. The average molecular weight is 448 g/mol. The Hall–Kier alpha value is -3.98. The summed E-state index contributed by atoms with van der Waals surface area (Å²) in [7, 11) is 0. The molecule has 9 heteroatoms. The number of para-hydroxylation sites is 2. The SMILES string of the molecule is CCN(Cc1nc2ccccc2c(=O)[nH]1)C(=O)c1ccc(NC(=O)Nc2ccccc2)s1. The maximum Gasteiger partial charge on any atom is 0.324 e. The highest BCUT2D eigenvalue weighted by atomic mass is 32.1. The number of rotatable bonds is 6. The molecule has 2 aromatic heterocycles. The van der Waals surface area contributed by atoms with E-state index in [0.29, 0.717) is 38.8 Å². The molecule has 0 saturated heterocycles. The van der Waals surface area contributed by atoms with Crippen molar-refractivity contribution in [1.82, 2.24) is 14.9 Å². The van der Waals surface area contributed by atoms with Gasteiger partial charge in [-0.1, -0.05) is 30.3 Å². The average Bonchev–Trinajstić information content (AvgIpc) is 3.26.